The van der Waals surface area contributed by atoms with E-state index in [4.69, 9.17) is 13.9 Å². The highest BCUT2D eigenvalue weighted by molar-refractivity contribution is 6.03. The highest BCUT2D eigenvalue weighted by Crippen LogP contribution is 2.41. The van der Waals surface area contributed by atoms with Crippen molar-refractivity contribution in [2.45, 2.75) is 12.8 Å². The van der Waals surface area contributed by atoms with Crippen molar-refractivity contribution in [2.24, 2.45) is 0 Å². The molecule has 0 bridgehead atoms. The number of fused-ring (bicyclic) bond motifs is 5. The number of benzene rings is 1. The molecule has 3 aromatic rings. The first kappa shape index (κ1) is 15.3. The van der Waals surface area contributed by atoms with Gasteiger partial charge < -0.3 is 24.0 Å². The first-order valence-corrected chi connectivity index (χ1v) is 7.70. The van der Waals surface area contributed by atoms with Crippen molar-refractivity contribution in [3.8, 4) is 22.8 Å². The summed E-state index contributed by atoms with van der Waals surface area (Å²) >= 11 is 0. The Hall–Kier alpha value is -3.22. The van der Waals surface area contributed by atoms with E-state index in [0.29, 0.717) is 35.6 Å². The van der Waals surface area contributed by atoms with E-state index in [1.54, 1.807) is 14.2 Å². The highest BCUT2D eigenvalue weighted by atomic mass is 16.5. The molecule has 7 nitrogen and oxygen atoms in total. The number of carboxylic acid groups (broad SMARTS) is 1. The average molecular weight is 341 g/mol. The fraction of sp³-hybridized carbons (Fsp3) is 0.222. The molecule has 0 saturated carbocycles. The topological polar surface area (TPSA) is 102 Å². The Kier molecular flexibility index (Phi) is 3.31. The molecule has 4 rings (SSSR count). The zero-order valence-electron chi connectivity index (χ0n) is 13.6. The third-order valence-corrected chi connectivity index (χ3v) is 4.59. The SMILES string of the molecule is COc1cc2c(cc1OC)-c1[nH]c(=O)c3c(C(=O)O)coc3c1CC2. The highest BCUT2D eigenvalue weighted by Gasteiger charge is 2.26. The van der Waals surface area contributed by atoms with E-state index in [-0.39, 0.29) is 10.9 Å². The lowest BCUT2D eigenvalue weighted by atomic mass is 9.87. The molecule has 128 valence electrons. The van der Waals surface area contributed by atoms with E-state index in [1.165, 1.54) is 0 Å². The van der Waals surface area contributed by atoms with Crippen molar-refractivity contribution >= 4 is 16.9 Å². The number of furan rings is 1. The molecule has 1 aromatic carbocycles. The Morgan fingerprint density at radius 3 is 2.60 bits per heavy atom. The van der Waals surface area contributed by atoms with Crippen molar-refractivity contribution < 1.29 is 23.8 Å². The standard InChI is InChI=1S/C18H15NO6/c1-23-12-5-8-3-4-9-15(10(8)6-13(12)24-2)19-17(20)14-11(18(21)22)7-25-16(9)14/h5-7H,3-4H2,1-2H3,(H,19,20)(H,21,22). The molecule has 0 fully saturated rings. The number of pyridine rings is 1. The number of H-pyrrole nitrogens is 1. The summed E-state index contributed by atoms with van der Waals surface area (Å²) in [5.41, 5.74) is 2.99. The van der Waals surface area contributed by atoms with Gasteiger partial charge in [-0.3, -0.25) is 4.79 Å². The quantitative estimate of drug-likeness (QED) is 0.759. The van der Waals surface area contributed by atoms with Gasteiger partial charge in [0.05, 0.1) is 19.9 Å². The molecule has 0 radical (unpaired) electrons. The molecule has 0 aliphatic heterocycles. The number of methoxy groups -OCH3 is 2. The van der Waals surface area contributed by atoms with Gasteiger partial charge in [0, 0.05) is 11.1 Å². The van der Waals surface area contributed by atoms with E-state index in [9.17, 15) is 14.7 Å². The first-order chi connectivity index (χ1) is 12.0. The third-order valence-electron chi connectivity index (χ3n) is 4.59. The maximum atomic E-state index is 12.5. The minimum absolute atomic E-state index is 0.0789. The summed E-state index contributed by atoms with van der Waals surface area (Å²) < 4.78 is 16.1. The van der Waals surface area contributed by atoms with Crippen molar-refractivity contribution in [3.05, 3.63) is 45.4 Å². The van der Waals surface area contributed by atoms with Crippen LogP contribution in [0.2, 0.25) is 0 Å². The van der Waals surface area contributed by atoms with Crippen LogP contribution in [0.4, 0.5) is 0 Å². The van der Waals surface area contributed by atoms with Crippen LogP contribution >= 0.6 is 0 Å². The summed E-state index contributed by atoms with van der Waals surface area (Å²) in [6, 6.07) is 3.71. The Morgan fingerprint density at radius 2 is 1.92 bits per heavy atom. The fourth-order valence-electron chi connectivity index (χ4n) is 3.42. The number of aromatic amines is 1. The van der Waals surface area contributed by atoms with Gasteiger partial charge in [-0.1, -0.05) is 0 Å². The number of hydrogen-bond acceptors (Lipinski definition) is 5. The van der Waals surface area contributed by atoms with Gasteiger partial charge in [0.15, 0.2) is 11.5 Å². The predicted octanol–water partition coefficient (Wildman–Crippen LogP) is 2.60. The Bertz CT molecular complexity index is 1080. The largest absolute Gasteiger partial charge is 0.493 e. The maximum Gasteiger partial charge on any atom is 0.339 e. The zero-order valence-corrected chi connectivity index (χ0v) is 13.6. The second-order valence-corrected chi connectivity index (χ2v) is 5.83. The Balaban J connectivity index is 2.03. The van der Waals surface area contributed by atoms with Gasteiger partial charge in [0.1, 0.15) is 22.8 Å². The van der Waals surface area contributed by atoms with Gasteiger partial charge >= 0.3 is 5.97 Å². The molecular formula is C18H15NO6. The number of carbonyl (C=O) groups is 1. The number of ether oxygens (including phenoxy) is 2. The number of rotatable bonds is 3. The Labute approximate surface area is 141 Å². The zero-order chi connectivity index (χ0) is 17.7. The van der Waals surface area contributed by atoms with E-state index >= 15 is 0 Å². The molecule has 0 amide bonds. The van der Waals surface area contributed by atoms with Gasteiger partial charge in [-0.15, -0.1) is 0 Å². The number of aromatic nitrogens is 1. The van der Waals surface area contributed by atoms with Gasteiger partial charge in [0.25, 0.3) is 5.56 Å². The van der Waals surface area contributed by atoms with Gasteiger partial charge in [-0.2, -0.15) is 0 Å². The van der Waals surface area contributed by atoms with Crippen LogP contribution in [-0.2, 0) is 12.8 Å². The molecule has 1 aliphatic rings. The second-order valence-electron chi connectivity index (χ2n) is 5.83. The smallest absolute Gasteiger partial charge is 0.339 e. The van der Waals surface area contributed by atoms with Crippen molar-refractivity contribution in [3.63, 3.8) is 0 Å². The minimum atomic E-state index is -1.19. The van der Waals surface area contributed by atoms with E-state index in [0.717, 1.165) is 23.0 Å². The number of aryl methyl sites for hydroxylation is 2. The van der Waals surface area contributed by atoms with Crippen LogP contribution in [0, 0.1) is 0 Å². The third kappa shape index (κ3) is 2.12. The fourth-order valence-corrected chi connectivity index (χ4v) is 3.42. The summed E-state index contributed by atoms with van der Waals surface area (Å²) in [4.78, 5) is 26.6. The molecule has 1 aliphatic carbocycles. The molecule has 2 N–H and O–H groups in total. The summed E-state index contributed by atoms with van der Waals surface area (Å²) in [7, 11) is 3.12. The molecular weight excluding hydrogens is 326 g/mol. The van der Waals surface area contributed by atoms with Gasteiger partial charge in [-0.25, -0.2) is 4.79 Å². The van der Waals surface area contributed by atoms with Crippen molar-refractivity contribution in [2.75, 3.05) is 14.2 Å². The molecule has 25 heavy (non-hydrogen) atoms. The van der Waals surface area contributed by atoms with Crippen LogP contribution in [-0.4, -0.2) is 30.3 Å². The molecule has 7 heteroatoms. The number of aromatic carboxylic acids is 1. The van der Waals surface area contributed by atoms with E-state index in [2.05, 4.69) is 4.98 Å². The molecule has 0 saturated heterocycles. The predicted molar refractivity (Wildman–Crippen MR) is 89.7 cm³/mol. The number of hydrogen-bond donors (Lipinski definition) is 2. The van der Waals surface area contributed by atoms with E-state index < -0.39 is 11.5 Å². The summed E-state index contributed by atoms with van der Waals surface area (Å²) in [5, 5.41) is 9.32. The minimum Gasteiger partial charge on any atom is -0.493 e. The van der Waals surface area contributed by atoms with E-state index in [1.807, 2.05) is 12.1 Å². The van der Waals surface area contributed by atoms with Crippen LogP contribution in [0.1, 0.15) is 21.5 Å². The summed E-state index contributed by atoms with van der Waals surface area (Å²) in [6.45, 7) is 0. The monoisotopic (exact) mass is 341 g/mol. The molecule has 0 spiro atoms. The maximum absolute atomic E-state index is 12.5. The van der Waals surface area contributed by atoms with Crippen LogP contribution in [0.25, 0.3) is 22.2 Å². The lowest BCUT2D eigenvalue weighted by molar-refractivity contribution is 0.0698. The Morgan fingerprint density at radius 1 is 1.20 bits per heavy atom. The van der Waals surface area contributed by atoms with Gasteiger partial charge in [-0.05, 0) is 30.5 Å². The molecule has 0 unspecified atom stereocenters. The van der Waals surface area contributed by atoms with Crippen LogP contribution in [0.15, 0.2) is 27.6 Å². The molecule has 2 aromatic heterocycles. The van der Waals surface area contributed by atoms with Crippen LogP contribution in [0.3, 0.4) is 0 Å². The second kappa shape index (κ2) is 5.41. The average Bonchev–Trinajstić information content (AvgIpc) is 3.06. The molecule has 2 heterocycles. The summed E-state index contributed by atoms with van der Waals surface area (Å²) in [5.74, 6) is -0.00758. The number of carboxylic acids is 1. The van der Waals surface area contributed by atoms with Crippen LogP contribution in [0.5, 0.6) is 11.5 Å². The lowest BCUT2D eigenvalue weighted by Crippen LogP contribution is -2.16. The first-order valence-electron chi connectivity index (χ1n) is 7.70. The summed E-state index contributed by atoms with van der Waals surface area (Å²) in [6.07, 6.45) is 2.46. The van der Waals surface area contributed by atoms with Crippen molar-refractivity contribution in [1.29, 1.82) is 0 Å². The van der Waals surface area contributed by atoms with Crippen molar-refractivity contribution in [1.82, 2.24) is 4.98 Å². The van der Waals surface area contributed by atoms with Crippen LogP contribution < -0.4 is 15.0 Å². The lowest BCUT2D eigenvalue weighted by Gasteiger charge is -2.21. The molecule has 0 atom stereocenters. The normalized spacial score (nSPS) is 12.6. The number of nitrogens with one attached hydrogen (secondary N) is 1. The van der Waals surface area contributed by atoms with Gasteiger partial charge in [0.2, 0.25) is 0 Å².